The fourth-order valence-corrected chi connectivity index (χ4v) is 1.59. The lowest BCUT2D eigenvalue weighted by Gasteiger charge is -2.12. The van der Waals surface area contributed by atoms with E-state index in [4.69, 9.17) is 10.5 Å². The molecule has 0 bridgehead atoms. The SMILES string of the molecule is COc1c(C)cccc1CCC(C)N. The third-order valence-corrected chi connectivity index (χ3v) is 2.37. The third kappa shape index (κ3) is 2.74. The van der Waals surface area contributed by atoms with Gasteiger partial charge in [0.1, 0.15) is 5.75 Å². The number of hydrogen-bond donors (Lipinski definition) is 1. The largest absolute Gasteiger partial charge is 0.496 e. The van der Waals surface area contributed by atoms with Gasteiger partial charge in [-0.05, 0) is 37.8 Å². The van der Waals surface area contributed by atoms with Crippen molar-refractivity contribution >= 4 is 0 Å². The Bertz CT molecular complexity index is 294. The van der Waals surface area contributed by atoms with E-state index in [1.54, 1.807) is 7.11 Å². The number of benzene rings is 1. The minimum absolute atomic E-state index is 0.250. The van der Waals surface area contributed by atoms with Gasteiger partial charge in [0.15, 0.2) is 0 Å². The monoisotopic (exact) mass is 193 g/mol. The van der Waals surface area contributed by atoms with Crippen molar-refractivity contribution in [3.05, 3.63) is 29.3 Å². The van der Waals surface area contributed by atoms with Gasteiger partial charge in [-0.3, -0.25) is 0 Å². The van der Waals surface area contributed by atoms with Crippen molar-refractivity contribution in [2.75, 3.05) is 7.11 Å². The average molecular weight is 193 g/mol. The van der Waals surface area contributed by atoms with Crippen molar-refractivity contribution in [1.29, 1.82) is 0 Å². The van der Waals surface area contributed by atoms with Crippen LogP contribution in [-0.2, 0) is 6.42 Å². The van der Waals surface area contributed by atoms with E-state index in [1.165, 1.54) is 11.1 Å². The van der Waals surface area contributed by atoms with E-state index in [2.05, 4.69) is 25.1 Å². The quantitative estimate of drug-likeness (QED) is 0.796. The molecule has 1 rings (SSSR count). The lowest BCUT2D eigenvalue weighted by atomic mass is 10.0. The molecule has 0 amide bonds. The van der Waals surface area contributed by atoms with Gasteiger partial charge < -0.3 is 10.5 Å². The highest BCUT2D eigenvalue weighted by Gasteiger charge is 2.05. The number of ether oxygens (including phenoxy) is 1. The Morgan fingerprint density at radius 1 is 1.43 bits per heavy atom. The van der Waals surface area contributed by atoms with Crippen molar-refractivity contribution in [3.8, 4) is 5.75 Å². The molecular weight excluding hydrogens is 174 g/mol. The lowest BCUT2D eigenvalue weighted by molar-refractivity contribution is 0.405. The van der Waals surface area contributed by atoms with E-state index >= 15 is 0 Å². The van der Waals surface area contributed by atoms with Crippen molar-refractivity contribution in [2.45, 2.75) is 32.7 Å². The van der Waals surface area contributed by atoms with E-state index in [-0.39, 0.29) is 6.04 Å². The van der Waals surface area contributed by atoms with E-state index in [1.807, 2.05) is 6.92 Å². The van der Waals surface area contributed by atoms with Gasteiger partial charge in [0.05, 0.1) is 7.11 Å². The van der Waals surface area contributed by atoms with Crippen LogP contribution in [0.5, 0.6) is 5.75 Å². The maximum absolute atomic E-state index is 5.73. The number of nitrogens with two attached hydrogens (primary N) is 1. The van der Waals surface area contributed by atoms with Gasteiger partial charge in [-0.15, -0.1) is 0 Å². The molecule has 1 unspecified atom stereocenters. The molecule has 0 aliphatic heterocycles. The first-order valence-corrected chi connectivity index (χ1v) is 5.03. The highest BCUT2D eigenvalue weighted by Crippen LogP contribution is 2.24. The molecule has 0 saturated carbocycles. The molecule has 0 aliphatic carbocycles. The Balaban J connectivity index is 2.80. The molecule has 2 N–H and O–H groups in total. The molecular formula is C12H19NO. The summed E-state index contributed by atoms with van der Waals surface area (Å²) >= 11 is 0. The summed E-state index contributed by atoms with van der Waals surface area (Å²) in [5.41, 5.74) is 8.17. The predicted octanol–water partition coefficient (Wildman–Crippen LogP) is 2.28. The molecule has 0 aliphatic rings. The minimum Gasteiger partial charge on any atom is -0.496 e. The standard InChI is InChI=1S/C12H19NO/c1-9-5-4-6-11(12(9)14-3)8-7-10(2)13/h4-6,10H,7-8,13H2,1-3H3. The Hall–Kier alpha value is -1.02. The maximum Gasteiger partial charge on any atom is 0.124 e. The molecule has 1 aromatic rings. The van der Waals surface area contributed by atoms with Gasteiger partial charge in [-0.2, -0.15) is 0 Å². The molecule has 1 atom stereocenters. The fraction of sp³-hybridized carbons (Fsp3) is 0.500. The zero-order chi connectivity index (χ0) is 10.6. The Morgan fingerprint density at radius 3 is 2.71 bits per heavy atom. The smallest absolute Gasteiger partial charge is 0.124 e. The summed E-state index contributed by atoms with van der Waals surface area (Å²) < 4.78 is 5.37. The van der Waals surface area contributed by atoms with Crippen molar-refractivity contribution in [2.24, 2.45) is 5.73 Å². The second-order valence-electron chi connectivity index (χ2n) is 3.78. The fourth-order valence-electron chi connectivity index (χ4n) is 1.59. The second kappa shape index (κ2) is 5.01. The molecule has 0 heterocycles. The average Bonchev–Trinajstić information content (AvgIpc) is 2.14. The number of methoxy groups -OCH3 is 1. The van der Waals surface area contributed by atoms with Crippen LogP contribution in [0.15, 0.2) is 18.2 Å². The summed E-state index contributed by atoms with van der Waals surface area (Å²) in [6.45, 7) is 4.09. The highest BCUT2D eigenvalue weighted by atomic mass is 16.5. The van der Waals surface area contributed by atoms with Crippen molar-refractivity contribution in [3.63, 3.8) is 0 Å². The van der Waals surface area contributed by atoms with Gasteiger partial charge >= 0.3 is 0 Å². The first kappa shape index (κ1) is 11.1. The summed E-state index contributed by atoms with van der Waals surface area (Å²) in [5.74, 6) is 1.01. The van der Waals surface area contributed by atoms with Crippen LogP contribution < -0.4 is 10.5 Å². The van der Waals surface area contributed by atoms with E-state index in [0.717, 1.165) is 18.6 Å². The molecule has 2 heteroatoms. The van der Waals surface area contributed by atoms with Gasteiger partial charge in [0.25, 0.3) is 0 Å². The van der Waals surface area contributed by atoms with E-state index in [9.17, 15) is 0 Å². The molecule has 0 aromatic heterocycles. The van der Waals surface area contributed by atoms with Crippen LogP contribution in [0, 0.1) is 6.92 Å². The van der Waals surface area contributed by atoms with Gasteiger partial charge in [-0.1, -0.05) is 18.2 Å². The Labute approximate surface area is 86.1 Å². The van der Waals surface area contributed by atoms with Crippen LogP contribution in [0.3, 0.4) is 0 Å². The number of rotatable bonds is 4. The normalized spacial score (nSPS) is 12.6. The van der Waals surface area contributed by atoms with Gasteiger partial charge in [-0.25, -0.2) is 0 Å². The maximum atomic E-state index is 5.73. The van der Waals surface area contributed by atoms with Crippen LogP contribution >= 0.6 is 0 Å². The van der Waals surface area contributed by atoms with Crippen LogP contribution in [0.2, 0.25) is 0 Å². The summed E-state index contributed by atoms with van der Waals surface area (Å²) in [4.78, 5) is 0. The molecule has 14 heavy (non-hydrogen) atoms. The predicted molar refractivity (Wildman–Crippen MR) is 59.7 cm³/mol. The number of aryl methyl sites for hydroxylation is 2. The molecule has 0 spiro atoms. The van der Waals surface area contributed by atoms with Gasteiger partial charge in [0.2, 0.25) is 0 Å². The first-order chi connectivity index (χ1) is 6.65. The first-order valence-electron chi connectivity index (χ1n) is 5.03. The Morgan fingerprint density at radius 2 is 2.14 bits per heavy atom. The van der Waals surface area contributed by atoms with E-state index in [0.29, 0.717) is 0 Å². The summed E-state index contributed by atoms with van der Waals surface area (Å²) in [6.07, 6.45) is 1.99. The van der Waals surface area contributed by atoms with Crippen LogP contribution in [-0.4, -0.2) is 13.2 Å². The lowest BCUT2D eigenvalue weighted by Crippen LogP contribution is -2.15. The molecule has 78 valence electrons. The zero-order valence-electron chi connectivity index (χ0n) is 9.21. The van der Waals surface area contributed by atoms with Crippen LogP contribution in [0.25, 0.3) is 0 Å². The summed E-state index contributed by atoms with van der Waals surface area (Å²) in [6, 6.07) is 6.48. The van der Waals surface area contributed by atoms with Crippen LogP contribution in [0.1, 0.15) is 24.5 Å². The highest BCUT2D eigenvalue weighted by molar-refractivity contribution is 5.40. The second-order valence-corrected chi connectivity index (χ2v) is 3.78. The molecule has 0 fully saturated rings. The zero-order valence-corrected chi connectivity index (χ0v) is 9.21. The van der Waals surface area contributed by atoms with Crippen LogP contribution in [0.4, 0.5) is 0 Å². The van der Waals surface area contributed by atoms with Crippen molar-refractivity contribution < 1.29 is 4.74 Å². The minimum atomic E-state index is 0.250. The molecule has 2 nitrogen and oxygen atoms in total. The number of para-hydroxylation sites is 1. The summed E-state index contributed by atoms with van der Waals surface area (Å²) in [5, 5.41) is 0. The molecule has 0 radical (unpaired) electrons. The molecule has 0 saturated heterocycles. The van der Waals surface area contributed by atoms with Crippen molar-refractivity contribution in [1.82, 2.24) is 0 Å². The van der Waals surface area contributed by atoms with Gasteiger partial charge in [0, 0.05) is 6.04 Å². The number of hydrogen-bond acceptors (Lipinski definition) is 2. The Kier molecular flexibility index (Phi) is 3.96. The van der Waals surface area contributed by atoms with E-state index < -0.39 is 0 Å². The topological polar surface area (TPSA) is 35.2 Å². The molecule has 1 aromatic carbocycles. The third-order valence-electron chi connectivity index (χ3n) is 2.37. The summed E-state index contributed by atoms with van der Waals surface area (Å²) in [7, 11) is 1.72.